The van der Waals surface area contributed by atoms with Crippen LogP contribution in [0.15, 0.2) is 40.6 Å². The van der Waals surface area contributed by atoms with Gasteiger partial charge in [0.1, 0.15) is 0 Å². The second-order valence-corrected chi connectivity index (χ2v) is 5.98. The van der Waals surface area contributed by atoms with Crippen LogP contribution < -0.4 is 5.73 Å². The summed E-state index contributed by atoms with van der Waals surface area (Å²) >= 11 is 7.90. The molecule has 3 nitrogen and oxygen atoms in total. The third-order valence-electron chi connectivity index (χ3n) is 3.00. The number of nitrogens with zero attached hydrogens (tertiary/aromatic N) is 2. The number of benzene rings is 1. The summed E-state index contributed by atoms with van der Waals surface area (Å²) in [6.07, 6.45) is 5.54. The fourth-order valence-corrected chi connectivity index (χ4v) is 2.88. The first-order chi connectivity index (χ1) is 9.10. The molecule has 0 aliphatic rings. The van der Waals surface area contributed by atoms with Crippen LogP contribution in [0.4, 0.5) is 0 Å². The van der Waals surface area contributed by atoms with Gasteiger partial charge in [-0.3, -0.25) is 0 Å². The van der Waals surface area contributed by atoms with Gasteiger partial charge in [0.2, 0.25) is 0 Å². The normalized spacial score (nSPS) is 12.6. The first kappa shape index (κ1) is 14.4. The Bertz CT molecular complexity index is 553. The minimum Gasteiger partial charge on any atom is -0.329 e. The highest BCUT2D eigenvalue weighted by atomic mass is 35.5. The Hall–Kier alpha value is -0.970. The molecule has 5 heteroatoms. The zero-order valence-corrected chi connectivity index (χ0v) is 12.7. The van der Waals surface area contributed by atoms with Crippen molar-refractivity contribution in [1.82, 2.24) is 9.55 Å². The second-order valence-electron chi connectivity index (χ2n) is 4.56. The van der Waals surface area contributed by atoms with Crippen molar-refractivity contribution in [2.75, 3.05) is 0 Å². The molecule has 1 aromatic heterocycles. The van der Waals surface area contributed by atoms with Gasteiger partial charge in [0.15, 0.2) is 5.16 Å². The molecule has 0 amide bonds. The number of aromatic nitrogens is 2. The van der Waals surface area contributed by atoms with Crippen LogP contribution in [0, 0.1) is 0 Å². The molecule has 102 valence electrons. The summed E-state index contributed by atoms with van der Waals surface area (Å²) in [6.45, 7) is 2.09. The molecule has 1 aromatic carbocycles. The van der Waals surface area contributed by atoms with Crippen molar-refractivity contribution in [2.45, 2.75) is 35.9 Å². The Morgan fingerprint density at radius 2 is 2.26 bits per heavy atom. The summed E-state index contributed by atoms with van der Waals surface area (Å²) in [6, 6.07) is 6.33. The SMILES string of the molecule is CCC(N)Cc1ccc(Sc2nccn2C)c(Cl)c1. The fourth-order valence-electron chi connectivity index (χ4n) is 1.75. The van der Waals surface area contributed by atoms with Gasteiger partial charge in [-0.2, -0.15) is 0 Å². The molecule has 1 unspecified atom stereocenters. The number of rotatable bonds is 5. The number of imidazole rings is 1. The monoisotopic (exact) mass is 295 g/mol. The average Bonchev–Trinajstić information content (AvgIpc) is 2.78. The first-order valence-electron chi connectivity index (χ1n) is 6.29. The van der Waals surface area contributed by atoms with E-state index >= 15 is 0 Å². The maximum absolute atomic E-state index is 6.33. The lowest BCUT2D eigenvalue weighted by molar-refractivity contribution is 0.646. The van der Waals surface area contributed by atoms with Crippen molar-refractivity contribution < 1.29 is 0 Å². The molecular formula is C14H18ClN3S. The molecule has 0 aliphatic carbocycles. The van der Waals surface area contributed by atoms with E-state index in [9.17, 15) is 0 Å². The van der Waals surface area contributed by atoms with E-state index in [2.05, 4.69) is 18.0 Å². The Morgan fingerprint density at radius 3 is 2.84 bits per heavy atom. The van der Waals surface area contributed by atoms with Gasteiger partial charge in [0.05, 0.1) is 5.02 Å². The van der Waals surface area contributed by atoms with Crippen LogP contribution in [0.5, 0.6) is 0 Å². The quantitative estimate of drug-likeness (QED) is 0.918. The lowest BCUT2D eigenvalue weighted by atomic mass is 10.1. The number of aryl methyl sites for hydroxylation is 1. The van der Waals surface area contributed by atoms with Crippen LogP contribution in [-0.4, -0.2) is 15.6 Å². The maximum atomic E-state index is 6.33. The molecule has 0 saturated heterocycles. The van der Waals surface area contributed by atoms with Gasteiger partial charge < -0.3 is 10.3 Å². The molecule has 2 aromatic rings. The molecule has 0 saturated carbocycles. The largest absolute Gasteiger partial charge is 0.329 e. The van der Waals surface area contributed by atoms with Crippen LogP contribution in [-0.2, 0) is 13.5 Å². The number of hydrogen-bond acceptors (Lipinski definition) is 3. The van der Waals surface area contributed by atoms with E-state index in [1.165, 1.54) is 5.56 Å². The van der Waals surface area contributed by atoms with E-state index in [0.717, 1.165) is 27.9 Å². The predicted molar refractivity (Wildman–Crippen MR) is 80.8 cm³/mol. The molecule has 0 fully saturated rings. The molecule has 1 heterocycles. The van der Waals surface area contributed by atoms with Crippen molar-refractivity contribution in [1.29, 1.82) is 0 Å². The van der Waals surface area contributed by atoms with Gasteiger partial charge in [-0.25, -0.2) is 4.98 Å². The van der Waals surface area contributed by atoms with E-state index < -0.39 is 0 Å². The molecule has 19 heavy (non-hydrogen) atoms. The number of hydrogen-bond donors (Lipinski definition) is 1. The summed E-state index contributed by atoms with van der Waals surface area (Å²) in [5.74, 6) is 0. The van der Waals surface area contributed by atoms with Crippen molar-refractivity contribution in [3.8, 4) is 0 Å². The third kappa shape index (κ3) is 3.75. The summed E-state index contributed by atoms with van der Waals surface area (Å²) in [7, 11) is 1.97. The van der Waals surface area contributed by atoms with Gasteiger partial charge in [-0.15, -0.1) is 0 Å². The summed E-state index contributed by atoms with van der Waals surface area (Å²) in [5, 5.41) is 1.69. The lowest BCUT2D eigenvalue weighted by Gasteiger charge is -2.10. The van der Waals surface area contributed by atoms with E-state index in [1.807, 2.05) is 29.9 Å². The van der Waals surface area contributed by atoms with Crippen LogP contribution in [0.2, 0.25) is 5.02 Å². The Balaban J connectivity index is 2.13. The van der Waals surface area contributed by atoms with Crippen LogP contribution in [0.3, 0.4) is 0 Å². The molecule has 0 bridgehead atoms. The minimum atomic E-state index is 0.198. The first-order valence-corrected chi connectivity index (χ1v) is 7.48. The van der Waals surface area contributed by atoms with Crippen LogP contribution in [0.25, 0.3) is 0 Å². The van der Waals surface area contributed by atoms with Gasteiger partial charge in [-0.1, -0.05) is 36.4 Å². The van der Waals surface area contributed by atoms with Crippen molar-refractivity contribution in [3.05, 3.63) is 41.2 Å². The topological polar surface area (TPSA) is 43.8 Å². The van der Waals surface area contributed by atoms with Gasteiger partial charge in [0, 0.05) is 30.4 Å². The number of nitrogens with two attached hydrogens (primary N) is 1. The van der Waals surface area contributed by atoms with E-state index in [4.69, 9.17) is 17.3 Å². The second kappa shape index (κ2) is 6.46. The molecule has 2 rings (SSSR count). The highest BCUT2D eigenvalue weighted by molar-refractivity contribution is 7.99. The van der Waals surface area contributed by atoms with Crippen molar-refractivity contribution in [3.63, 3.8) is 0 Å². The van der Waals surface area contributed by atoms with Gasteiger partial charge in [-0.05, 0) is 30.5 Å². The third-order valence-corrected chi connectivity index (χ3v) is 4.57. The molecule has 0 radical (unpaired) electrons. The van der Waals surface area contributed by atoms with Gasteiger partial charge in [0.25, 0.3) is 0 Å². The summed E-state index contributed by atoms with van der Waals surface area (Å²) in [4.78, 5) is 5.30. The molecular weight excluding hydrogens is 278 g/mol. The minimum absolute atomic E-state index is 0.198. The van der Waals surface area contributed by atoms with Crippen molar-refractivity contribution >= 4 is 23.4 Å². The predicted octanol–water partition coefficient (Wildman–Crippen LogP) is 3.50. The average molecular weight is 296 g/mol. The Labute approximate surface area is 123 Å². The van der Waals surface area contributed by atoms with E-state index in [1.54, 1.807) is 18.0 Å². The Kier molecular flexibility index (Phi) is 4.91. The zero-order valence-electron chi connectivity index (χ0n) is 11.1. The van der Waals surface area contributed by atoms with Gasteiger partial charge >= 0.3 is 0 Å². The molecule has 0 spiro atoms. The maximum Gasteiger partial charge on any atom is 0.172 e. The number of halogens is 1. The van der Waals surface area contributed by atoms with Crippen LogP contribution >= 0.6 is 23.4 Å². The smallest absolute Gasteiger partial charge is 0.172 e. The highest BCUT2D eigenvalue weighted by Gasteiger charge is 2.08. The molecule has 2 N–H and O–H groups in total. The fraction of sp³-hybridized carbons (Fsp3) is 0.357. The van der Waals surface area contributed by atoms with E-state index in [0.29, 0.717) is 0 Å². The standard InChI is InChI=1S/C14H18ClN3S/c1-3-11(16)8-10-4-5-13(12(15)9-10)19-14-17-6-7-18(14)2/h4-7,9,11H,3,8,16H2,1-2H3. The Morgan fingerprint density at radius 1 is 1.47 bits per heavy atom. The van der Waals surface area contributed by atoms with E-state index in [-0.39, 0.29) is 6.04 Å². The lowest BCUT2D eigenvalue weighted by Crippen LogP contribution is -2.21. The zero-order chi connectivity index (χ0) is 13.8. The van der Waals surface area contributed by atoms with Crippen molar-refractivity contribution in [2.24, 2.45) is 12.8 Å². The van der Waals surface area contributed by atoms with Crippen LogP contribution in [0.1, 0.15) is 18.9 Å². The highest BCUT2D eigenvalue weighted by Crippen LogP contribution is 2.32. The molecule has 1 atom stereocenters. The molecule has 0 aliphatic heterocycles. The summed E-state index contributed by atoms with van der Waals surface area (Å²) in [5.41, 5.74) is 7.14. The summed E-state index contributed by atoms with van der Waals surface area (Å²) < 4.78 is 1.97.